The van der Waals surface area contributed by atoms with Gasteiger partial charge in [-0.25, -0.2) is 0 Å². The molecule has 0 aromatic heterocycles. The molecule has 0 aromatic carbocycles. The monoisotopic (exact) mass is 283 g/mol. The van der Waals surface area contributed by atoms with E-state index in [1.54, 1.807) is 0 Å². The lowest BCUT2D eigenvalue weighted by atomic mass is 10.1. The minimum atomic E-state index is 0.160. The van der Waals surface area contributed by atoms with Crippen molar-refractivity contribution in [2.75, 3.05) is 45.9 Å². The van der Waals surface area contributed by atoms with Crippen molar-refractivity contribution in [1.29, 1.82) is 0 Å². The highest BCUT2D eigenvalue weighted by Gasteiger charge is 2.23. The fraction of sp³-hybridized carbons (Fsp3) is 0.933. The van der Waals surface area contributed by atoms with Gasteiger partial charge in [0.15, 0.2) is 0 Å². The number of carbonyl (C=O) groups excluding carboxylic acids is 1. The minimum absolute atomic E-state index is 0.160. The standard InChI is InChI=1S/C15H29N3O2/c16-6-3-7-17-8-4-9-18(11-10-17)15(19)13-14-5-1-2-12-20-14/h14H,1-13,16H2. The quantitative estimate of drug-likeness (QED) is 0.812. The maximum Gasteiger partial charge on any atom is 0.225 e. The van der Waals surface area contributed by atoms with Crippen LogP contribution in [0.5, 0.6) is 0 Å². The van der Waals surface area contributed by atoms with Gasteiger partial charge in [-0.05, 0) is 51.7 Å². The lowest BCUT2D eigenvalue weighted by molar-refractivity contribution is -0.135. The highest BCUT2D eigenvalue weighted by molar-refractivity contribution is 5.76. The predicted octanol–water partition coefficient (Wildman–Crippen LogP) is 0.829. The van der Waals surface area contributed by atoms with Crippen molar-refractivity contribution in [2.45, 2.75) is 44.6 Å². The van der Waals surface area contributed by atoms with Gasteiger partial charge >= 0.3 is 0 Å². The van der Waals surface area contributed by atoms with Crippen molar-refractivity contribution in [1.82, 2.24) is 9.80 Å². The van der Waals surface area contributed by atoms with Crippen molar-refractivity contribution in [2.24, 2.45) is 5.73 Å². The second-order valence-corrected chi connectivity index (χ2v) is 5.91. The van der Waals surface area contributed by atoms with E-state index in [0.717, 1.165) is 71.6 Å². The van der Waals surface area contributed by atoms with E-state index in [4.69, 9.17) is 10.5 Å². The van der Waals surface area contributed by atoms with E-state index in [1.807, 2.05) is 4.90 Å². The van der Waals surface area contributed by atoms with Gasteiger partial charge in [0.05, 0.1) is 12.5 Å². The lowest BCUT2D eigenvalue weighted by Gasteiger charge is -2.26. The molecule has 0 aromatic rings. The van der Waals surface area contributed by atoms with Gasteiger partial charge < -0.3 is 20.3 Å². The van der Waals surface area contributed by atoms with Gasteiger partial charge in [-0.1, -0.05) is 0 Å². The molecule has 20 heavy (non-hydrogen) atoms. The maximum atomic E-state index is 12.3. The molecule has 5 nitrogen and oxygen atoms in total. The first-order valence-corrected chi connectivity index (χ1v) is 8.11. The Morgan fingerprint density at radius 2 is 2.05 bits per heavy atom. The summed E-state index contributed by atoms with van der Waals surface area (Å²) in [6.45, 7) is 6.45. The van der Waals surface area contributed by atoms with Crippen LogP contribution in [0.25, 0.3) is 0 Å². The number of hydrogen-bond donors (Lipinski definition) is 1. The van der Waals surface area contributed by atoms with E-state index < -0.39 is 0 Å². The Labute approximate surface area is 122 Å². The Kier molecular flexibility index (Phi) is 6.76. The van der Waals surface area contributed by atoms with E-state index in [9.17, 15) is 4.79 Å². The lowest BCUT2D eigenvalue weighted by Crippen LogP contribution is -2.38. The van der Waals surface area contributed by atoms with Crippen LogP contribution in [-0.4, -0.2) is 67.7 Å². The number of amides is 1. The average Bonchev–Trinajstić information content (AvgIpc) is 2.72. The summed E-state index contributed by atoms with van der Waals surface area (Å²) in [4.78, 5) is 16.8. The van der Waals surface area contributed by atoms with Crippen molar-refractivity contribution in [3.63, 3.8) is 0 Å². The van der Waals surface area contributed by atoms with Gasteiger partial charge in [0.2, 0.25) is 5.91 Å². The Balaban J connectivity index is 1.72. The third kappa shape index (κ3) is 5.04. The topological polar surface area (TPSA) is 58.8 Å². The van der Waals surface area contributed by atoms with Crippen LogP contribution in [0.3, 0.4) is 0 Å². The molecule has 2 fully saturated rings. The summed E-state index contributed by atoms with van der Waals surface area (Å²) in [5.41, 5.74) is 5.56. The Bertz CT molecular complexity index is 293. The van der Waals surface area contributed by atoms with E-state index in [-0.39, 0.29) is 12.0 Å². The molecule has 2 N–H and O–H groups in total. The molecule has 1 amide bonds. The normalized spacial score (nSPS) is 25.4. The van der Waals surface area contributed by atoms with Crippen LogP contribution in [0.2, 0.25) is 0 Å². The SMILES string of the molecule is NCCCN1CCCN(C(=O)CC2CCCCO2)CC1. The second kappa shape index (κ2) is 8.60. The first-order chi connectivity index (χ1) is 9.79. The third-order valence-electron chi connectivity index (χ3n) is 4.30. The summed E-state index contributed by atoms with van der Waals surface area (Å²) < 4.78 is 5.67. The molecule has 5 heteroatoms. The zero-order valence-corrected chi connectivity index (χ0v) is 12.6. The summed E-state index contributed by atoms with van der Waals surface area (Å²) in [6, 6.07) is 0. The second-order valence-electron chi connectivity index (χ2n) is 5.91. The summed E-state index contributed by atoms with van der Waals surface area (Å²) >= 11 is 0. The van der Waals surface area contributed by atoms with Crippen LogP contribution in [-0.2, 0) is 9.53 Å². The predicted molar refractivity (Wildman–Crippen MR) is 79.5 cm³/mol. The molecular formula is C15H29N3O2. The van der Waals surface area contributed by atoms with Gasteiger partial charge in [-0.3, -0.25) is 4.79 Å². The summed E-state index contributed by atoms with van der Waals surface area (Å²) in [6.07, 6.45) is 6.24. The first kappa shape index (κ1) is 15.7. The number of nitrogens with zero attached hydrogens (tertiary/aromatic N) is 2. The fourth-order valence-electron chi connectivity index (χ4n) is 3.05. The van der Waals surface area contributed by atoms with Crippen LogP contribution in [0, 0.1) is 0 Å². The average molecular weight is 283 g/mol. The molecule has 0 saturated carbocycles. The third-order valence-corrected chi connectivity index (χ3v) is 4.30. The fourth-order valence-corrected chi connectivity index (χ4v) is 3.05. The number of carbonyl (C=O) groups is 1. The van der Waals surface area contributed by atoms with Crippen molar-refractivity contribution >= 4 is 5.91 Å². The van der Waals surface area contributed by atoms with E-state index in [2.05, 4.69) is 4.90 Å². The molecule has 0 bridgehead atoms. The van der Waals surface area contributed by atoms with Crippen LogP contribution < -0.4 is 5.73 Å². The number of hydrogen-bond acceptors (Lipinski definition) is 4. The van der Waals surface area contributed by atoms with E-state index in [1.165, 1.54) is 6.42 Å². The Morgan fingerprint density at radius 3 is 2.80 bits per heavy atom. The number of rotatable bonds is 5. The molecule has 1 unspecified atom stereocenters. The molecular weight excluding hydrogens is 254 g/mol. The maximum absolute atomic E-state index is 12.3. The van der Waals surface area contributed by atoms with Crippen LogP contribution in [0.4, 0.5) is 0 Å². The number of nitrogens with two attached hydrogens (primary N) is 1. The van der Waals surface area contributed by atoms with Gasteiger partial charge in [-0.15, -0.1) is 0 Å². The molecule has 2 saturated heterocycles. The minimum Gasteiger partial charge on any atom is -0.378 e. The van der Waals surface area contributed by atoms with Crippen LogP contribution >= 0.6 is 0 Å². The molecule has 1 atom stereocenters. The molecule has 0 aliphatic carbocycles. The van der Waals surface area contributed by atoms with Crippen molar-refractivity contribution in [3.05, 3.63) is 0 Å². The molecule has 2 heterocycles. The largest absolute Gasteiger partial charge is 0.378 e. The molecule has 2 aliphatic rings. The Hall–Kier alpha value is -0.650. The molecule has 0 spiro atoms. The summed E-state index contributed by atoms with van der Waals surface area (Å²) in [5.74, 6) is 0.276. The first-order valence-electron chi connectivity index (χ1n) is 8.11. The van der Waals surface area contributed by atoms with Gasteiger partial charge in [0.1, 0.15) is 0 Å². The van der Waals surface area contributed by atoms with Crippen molar-refractivity contribution in [3.8, 4) is 0 Å². The van der Waals surface area contributed by atoms with E-state index >= 15 is 0 Å². The molecule has 0 radical (unpaired) electrons. The van der Waals surface area contributed by atoms with Crippen LogP contribution in [0.15, 0.2) is 0 Å². The van der Waals surface area contributed by atoms with Gasteiger partial charge in [0, 0.05) is 26.2 Å². The zero-order valence-electron chi connectivity index (χ0n) is 12.6. The van der Waals surface area contributed by atoms with E-state index in [0.29, 0.717) is 6.42 Å². The highest BCUT2D eigenvalue weighted by Crippen LogP contribution is 2.17. The highest BCUT2D eigenvalue weighted by atomic mass is 16.5. The Morgan fingerprint density at radius 1 is 1.15 bits per heavy atom. The molecule has 116 valence electrons. The molecule has 2 aliphatic heterocycles. The zero-order chi connectivity index (χ0) is 14.2. The van der Waals surface area contributed by atoms with Gasteiger partial charge in [-0.2, -0.15) is 0 Å². The smallest absolute Gasteiger partial charge is 0.225 e. The van der Waals surface area contributed by atoms with Crippen molar-refractivity contribution < 1.29 is 9.53 Å². The van der Waals surface area contributed by atoms with Gasteiger partial charge in [0.25, 0.3) is 0 Å². The molecule has 2 rings (SSSR count). The van der Waals surface area contributed by atoms with Crippen LogP contribution in [0.1, 0.15) is 38.5 Å². The number of ether oxygens (including phenoxy) is 1. The summed E-state index contributed by atoms with van der Waals surface area (Å²) in [5, 5.41) is 0. The summed E-state index contributed by atoms with van der Waals surface area (Å²) in [7, 11) is 0.